The number of carbonyl (C=O) groups is 1. The highest BCUT2D eigenvalue weighted by molar-refractivity contribution is 5.91. The molecule has 2 heterocycles. The molecule has 0 unspecified atom stereocenters. The number of rotatable bonds is 4. The largest absolute Gasteiger partial charge is 0.482 e. The second kappa shape index (κ2) is 6.68. The van der Waals surface area contributed by atoms with Crippen LogP contribution in [0.15, 0.2) is 46.9 Å². The van der Waals surface area contributed by atoms with E-state index in [1.165, 1.54) is 19.4 Å². The van der Waals surface area contributed by atoms with Crippen LogP contribution in [0.1, 0.15) is 29.8 Å². The Bertz CT molecular complexity index is 941. The number of methoxy groups -OCH3 is 1. The van der Waals surface area contributed by atoms with Crippen LogP contribution in [0.5, 0.6) is 11.5 Å². The summed E-state index contributed by atoms with van der Waals surface area (Å²) in [6.45, 7) is 3.29. The lowest BCUT2D eigenvalue weighted by molar-refractivity contribution is 0.0600. The van der Waals surface area contributed by atoms with Crippen molar-refractivity contribution in [3.8, 4) is 11.5 Å². The number of esters is 1. The molecule has 0 bridgehead atoms. The van der Waals surface area contributed by atoms with Gasteiger partial charge in [-0.2, -0.15) is 0 Å². The van der Waals surface area contributed by atoms with Crippen LogP contribution in [0.3, 0.4) is 0 Å². The SMILES string of the molecule is COC(=O)c1ccc2c(c1)C(Oc1cc[nH]c(=O)c1)=C(CO)C(C)(C)O2. The van der Waals surface area contributed by atoms with Crippen LogP contribution in [0.25, 0.3) is 5.76 Å². The molecule has 7 heteroatoms. The molecule has 0 amide bonds. The summed E-state index contributed by atoms with van der Waals surface area (Å²) in [6.07, 6.45) is 1.47. The fraction of sp³-hybridized carbons (Fsp3) is 0.263. The minimum Gasteiger partial charge on any atom is -0.482 e. The molecular weight excluding hydrogens is 338 g/mol. The van der Waals surface area contributed by atoms with Crippen molar-refractivity contribution in [2.75, 3.05) is 13.7 Å². The van der Waals surface area contributed by atoms with Crippen molar-refractivity contribution in [3.63, 3.8) is 0 Å². The van der Waals surface area contributed by atoms with Gasteiger partial charge in [-0.05, 0) is 38.1 Å². The third kappa shape index (κ3) is 3.21. The Morgan fingerprint density at radius 3 is 2.69 bits per heavy atom. The number of ether oxygens (including phenoxy) is 3. The Kier molecular flexibility index (Phi) is 4.56. The predicted octanol–water partition coefficient (Wildman–Crippen LogP) is 2.11. The normalized spacial score (nSPS) is 15.1. The number of carbonyl (C=O) groups excluding carboxylic acids is 1. The molecule has 1 aromatic heterocycles. The first-order valence-corrected chi connectivity index (χ1v) is 7.98. The second-order valence-corrected chi connectivity index (χ2v) is 6.27. The summed E-state index contributed by atoms with van der Waals surface area (Å²) in [6, 6.07) is 7.72. The summed E-state index contributed by atoms with van der Waals surface area (Å²) in [7, 11) is 1.30. The monoisotopic (exact) mass is 357 g/mol. The minimum atomic E-state index is -0.828. The molecule has 136 valence electrons. The van der Waals surface area contributed by atoms with Crippen LogP contribution >= 0.6 is 0 Å². The lowest BCUT2D eigenvalue weighted by Crippen LogP contribution is -2.37. The zero-order valence-electron chi connectivity index (χ0n) is 14.7. The standard InChI is InChI=1S/C19H19NO6/c1-19(2)14(10-21)17(25-12-6-7-20-16(22)9-12)13-8-11(18(23)24-3)4-5-15(13)26-19/h4-9,21H,10H2,1-3H3,(H,20,22). The van der Waals surface area contributed by atoms with Crippen molar-refractivity contribution in [1.82, 2.24) is 4.98 Å². The van der Waals surface area contributed by atoms with Crippen LogP contribution in [0.2, 0.25) is 0 Å². The molecular formula is C19H19NO6. The molecule has 7 nitrogen and oxygen atoms in total. The van der Waals surface area contributed by atoms with E-state index in [4.69, 9.17) is 14.2 Å². The Balaban J connectivity index is 2.17. The maximum absolute atomic E-state index is 11.9. The summed E-state index contributed by atoms with van der Waals surface area (Å²) in [5.74, 6) is 0.648. The molecule has 0 saturated carbocycles. The van der Waals surface area contributed by atoms with E-state index in [1.807, 2.05) is 0 Å². The maximum Gasteiger partial charge on any atom is 0.337 e. The highest BCUT2D eigenvalue weighted by Gasteiger charge is 2.36. The summed E-state index contributed by atoms with van der Waals surface area (Å²) >= 11 is 0. The summed E-state index contributed by atoms with van der Waals surface area (Å²) in [5.41, 5.74) is 0.164. The zero-order valence-corrected chi connectivity index (χ0v) is 14.7. The van der Waals surface area contributed by atoms with E-state index < -0.39 is 11.6 Å². The van der Waals surface area contributed by atoms with Crippen molar-refractivity contribution in [2.24, 2.45) is 0 Å². The van der Waals surface area contributed by atoms with E-state index in [-0.39, 0.29) is 12.2 Å². The van der Waals surface area contributed by atoms with Crippen LogP contribution in [0, 0.1) is 0 Å². The van der Waals surface area contributed by atoms with Crippen molar-refractivity contribution >= 4 is 11.7 Å². The number of benzene rings is 1. The van der Waals surface area contributed by atoms with Crippen molar-refractivity contribution in [1.29, 1.82) is 0 Å². The van der Waals surface area contributed by atoms with Gasteiger partial charge in [0.05, 0.1) is 24.8 Å². The van der Waals surface area contributed by atoms with E-state index >= 15 is 0 Å². The third-order valence-electron chi connectivity index (χ3n) is 4.14. The Morgan fingerprint density at radius 1 is 1.27 bits per heavy atom. The van der Waals surface area contributed by atoms with Crippen LogP contribution in [-0.4, -0.2) is 35.4 Å². The topological polar surface area (TPSA) is 97.9 Å². The molecule has 0 aliphatic carbocycles. The van der Waals surface area contributed by atoms with Crippen LogP contribution < -0.4 is 15.0 Å². The fourth-order valence-corrected chi connectivity index (χ4v) is 2.80. The summed E-state index contributed by atoms with van der Waals surface area (Å²) in [5, 5.41) is 9.90. The number of hydrogen-bond acceptors (Lipinski definition) is 6. The Morgan fingerprint density at radius 2 is 2.04 bits per heavy atom. The molecule has 0 fully saturated rings. The quantitative estimate of drug-likeness (QED) is 0.814. The van der Waals surface area contributed by atoms with Gasteiger partial charge in [-0.15, -0.1) is 0 Å². The molecule has 2 N–H and O–H groups in total. The zero-order chi connectivity index (χ0) is 18.9. The van der Waals surface area contributed by atoms with Crippen LogP contribution in [0.4, 0.5) is 0 Å². The average Bonchev–Trinajstić information content (AvgIpc) is 2.60. The molecule has 0 spiro atoms. The molecule has 2 aromatic rings. The van der Waals surface area contributed by atoms with Crippen molar-refractivity contribution in [2.45, 2.75) is 19.4 Å². The van der Waals surface area contributed by atoms with E-state index in [1.54, 1.807) is 38.1 Å². The molecule has 1 aliphatic rings. The number of aromatic nitrogens is 1. The number of hydrogen-bond donors (Lipinski definition) is 2. The highest BCUT2D eigenvalue weighted by atomic mass is 16.5. The molecule has 3 rings (SSSR count). The smallest absolute Gasteiger partial charge is 0.337 e. The van der Waals surface area contributed by atoms with Gasteiger partial charge in [0.2, 0.25) is 0 Å². The highest BCUT2D eigenvalue weighted by Crippen LogP contribution is 2.41. The Hall–Kier alpha value is -3.06. The molecule has 26 heavy (non-hydrogen) atoms. The van der Waals surface area contributed by atoms with Crippen molar-refractivity contribution in [3.05, 3.63) is 63.6 Å². The van der Waals surface area contributed by atoms with E-state index in [0.29, 0.717) is 34.0 Å². The molecule has 0 saturated heterocycles. The summed E-state index contributed by atoms with van der Waals surface area (Å²) in [4.78, 5) is 25.9. The number of aliphatic hydroxyl groups excluding tert-OH is 1. The number of pyridine rings is 1. The first-order valence-electron chi connectivity index (χ1n) is 7.98. The number of H-pyrrole nitrogens is 1. The molecule has 1 aliphatic heterocycles. The van der Waals surface area contributed by atoms with Gasteiger partial charge < -0.3 is 24.3 Å². The molecule has 0 atom stereocenters. The molecule has 1 aromatic carbocycles. The number of fused-ring (bicyclic) bond motifs is 1. The fourth-order valence-electron chi connectivity index (χ4n) is 2.80. The number of aliphatic hydroxyl groups is 1. The molecule has 0 radical (unpaired) electrons. The van der Waals surface area contributed by atoms with Gasteiger partial charge in [-0.1, -0.05) is 0 Å². The lowest BCUT2D eigenvalue weighted by Gasteiger charge is -2.36. The lowest BCUT2D eigenvalue weighted by atomic mass is 9.90. The van der Waals surface area contributed by atoms with Gasteiger partial charge in [0, 0.05) is 17.8 Å². The first kappa shape index (κ1) is 17.8. The maximum atomic E-state index is 11.9. The minimum absolute atomic E-state index is 0.307. The third-order valence-corrected chi connectivity index (χ3v) is 4.14. The van der Waals surface area contributed by atoms with E-state index in [9.17, 15) is 14.7 Å². The van der Waals surface area contributed by atoms with Gasteiger partial charge in [-0.25, -0.2) is 4.79 Å². The van der Waals surface area contributed by atoms with Gasteiger partial charge in [0.15, 0.2) is 0 Å². The second-order valence-electron chi connectivity index (χ2n) is 6.27. The van der Waals surface area contributed by atoms with Crippen LogP contribution in [-0.2, 0) is 4.74 Å². The van der Waals surface area contributed by atoms with Gasteiger partial charge in [0.1, 0.15) is 22.9 Å². The van der Waals surface area contributed by atoms with E-state index in [2.05, 4.69) is 4.98 Å². The van der Waals surface area contributed by atoms with E-state index in [0.717, 1.165) is 0 Å². The number of aromatic amines is 1. The van der Waals surface area contributed by atoms with Gasteiger partial charge >= 0.3 is 5.97 Å². The van der Waals surface area contributed by atoms with Gasteiger partial charge in [0.25, 0.3) is 5.56 Å². The van der Waals surface area contributed by atoms with Crippen molar-refractivity contribution < 1.29 is 24.1 Å². The number of nitrogens with one attached hydrogen (secondary N) is 1. The summed E-state index contributed by atoms with van der Waals surface area (Å²) < 4.78 is 16.7. The first-order chi connectivity index (χ1) is 12.4. The predicted molar refractivity (Wildman–Crippen MR) is 94.2 cm³/mol. The Labute approximate surface area is 149 Å². The van der Waals surface area contributed by atoms with Gasteiger partial charge in [-0.3, -0.25) is 4.79 Å². The average molecular weight is 357 g/mol.